The fourth-order valence-electron chi connectivity index (χ4n) is 2.84. The molecule has 0 spiro atoms. The molecule has 100 valence electrons. The van der Waals surface area contributed by atoms with Gasteiger partial charge < -0.3 is 10.6 Å². The van der Waals surface area contributed by atoms with E-state index in [-0.39, 0.29) is 23.9 Å². The summed E-state index contributed by atoms with van der Waals surface area (Å²) >= 11 is 3.55. The SMILES string of the molecule is O=C1CCC(C(=O)NC2CCc3c(Br)cccc32)N1. The van der Waals surface area contributed by atoms with Crippen molar-refractivity contribution in [3.05, 3.63) is 33.8 Å². The van der Waals surface area contributed by atoms with E-state index in [9.17, 15) is 9.59 Å². The third-order valence-electron chi connectivity index (χ3n) is 3.84. The largest absolute Gasteiger partial charge is 0.347 e. The Bertz CT molecular complexity index is 544. The number of nitrogens with one attached hydrogen (secondary N) is 2. The van der Waals surface area contributed by atoms with Crippen LogP contribution < -0.4 is 10.6 Å². The molecule has 1 fully saturated rings. The Morgan fingerprint density at radius 2 is 2.16 bits per heavy atom. The van der Waals surface area contributed by atoms with E-state index in [4.69, 9.17) is 0 Å². The maximum absolute atomic E-state index is 12.1. The van der Waals surface area contributed by atoms with Crippen molar-refractivity contribution >= 4 is 27.7 Å². The van der Waals surface area contributed by atoms with Gasteiger partial charge in [-0.2, -0.15) is 0 Å². The number of benzene rings is 1. The Balaban J connectivity index is 1.71. The first-order valence-corrected chi connectivity index (χ1v) is 7.31. The average Bonchev–Trinajstić information content (AvgIpc) is 2.98. The van der Waals surface area contributed by atoms with Gasteiger partial charge in [0.1, 0.15) is 6.04 Å². The fraction of sp³-hybridized carbons (Fsp3) is 0.429. The second-order valence-electron chi connectivity index (χ2n) is 5.07. The number of amides is 2. The van der Waals surface area contributed by atoms with Crippen molar-refractivity contribution in [1.82, 2.24) is 10.6 Å². The number of hydrogen-bond donors (Lipinski definition) is 2. The zero-order valence-electron chi connectivity index (χ0n) is 10.4. The number of carbonyl (C=O) groups is 2. The third kappa shape index (κ3) is 2.39. The predicted octanol–water partition coefficient (Wildman–Crippen LogP) is 1.83. The van der Waals surface area contributed by atoms with Gasteiger partial charge in [-0.25, -0.2) is 0 Å². The summed E-state index contributed by atoms with van der Waals surface area (Å²) in [6, 6.07) is 5.79. The summed E-state index contributed by atoms with van der Waals surface area (Å²) in [5, 5.41) is 5.75. The first-order chi connectivity index (χ1) is 9.15. The van der Waals surface area contributed by atoms with Crippen LogP contribution >= 0.6 is 15.9 Å². The lowest BCUT2D eigenvalue weighted by Crippen LogP contribution is -2.42. The molecular weight excluding hydrogens is 308 g/mol. The molecule has 1 saturated heterocycles. The van der Waals surface area contributed by atoms with Crippen LogP contribution in [0.25, 0.3) is 0 Å². The topological polar surface area (TPSA) is 58.2 Å². The smallest absolute Gasteiger partial charge is 0.243 e. The molecule has 2 amide bonds. The van der Waals surface area contributed by atoms with Crippen LogP contribution in [0.2, 0.25) is 0 Å². The molecule has 2 unspecified atom stereocenters. The van der Waals surface area contributed by atoms with Crippen LogP contribution in [0.1, 0.15) is 36.4 Å². The maximum atomic E-state index is 12.1. The molecule has 0 bridgehead atoms. The lowest BCUT2D eigenvalue weighted by Gasteiger charge is -2.17. The van der Waals surface area contributed by atoms with Crippen LogP contribution in [-0.2, 0) is 16.0 Å². The van der Waals surface area contributed by atoms with Gasteiger partial charge in [0.15, 0.2) is 0 Å². The predicted molar refractivity (Wildman–Crippen MR) is 74.5 cm³/mol. The quantitative estimate of drug-likeness (QED) is 0.872. The molecule has 0 aromatic heterocycles. The standard InChI is InChI=1S/C14H15BrN2O2/c15-10-3-1-2-9-8(10)4-5-11(9)17-14(19)12-6-7-13(18)16-12/h1-3,11-12H,4-7H2,(H,16,18)(H,17,19). The summed E-state index contributed by atoms with van der Waals surface area (Å²) < 4.78 is 1.11. The Morgan fingerprint density at radius 3 is 2.89 bits per heavy atom. The molecule has 19 heavy (non-hydrogen) atoms. The summed E-state index contributed by atoms with van der Waals surface area (Å²) in [4.78, 5) is 23.2. The van der Waals surface area contributed by atoms with Crippen molar-refractivity contribution in [2.45, 2.75) is 37.8 Å². The number of rotatable bonds is 2. The Hall–Kier alpha value is -1.36. The van der Waals surface area contributed by atoms with Crippen molar-refractivity contribution < 1.29 is 9.59 Å². The van der Waals surface area contributed by atoms with Gasteiger partial charge in [0.05, 0.1) is 6.04 Å². The van der Waals surface area contributed by atoms with E-state index < -0.39 is 0 Å². The second-order valence-corrected chi connectivity index (χ2v) is 5.92. The highest BCUT2D eigenvalue weighted by atomic mass is 79.9. The number of carbonyl (C=O) groups excluding carboxylic acids is 2. The Kier molecular flexibility index (Phi) is 3.31. The van der Waals surface area contributed by atoms with Gasteiger partial charge in [-0.05, 0) is 36.5 Å². The highest BCUT2D eigenvalue weighted by Crippen LogP contribution is 2.35. The third-order valence-corrected chi connectivity index (χ3v) is 4.58. The Morgan fingerprint density at radius 1 is 1.32 bits per heavy atom. The molecule has 1 aliphatic carbocycles. The van der Waals surface area contributed by atoms with E-state index >= 15 is 0 Å². The van der Waals surface area contributed by atoms with Gasteiger partial charge in [0.25, 0.3) is 0 Å². The zero-order chi connectivity index (χ0) is 13.4. The molecule has 2 aliphatic rings. The van der Waals surface area contributed by atoms with E-state index in [1.165, 1.54) is 11.1 Å². The minimum Gasteiger partial charge on any atom is -0.347 e. The van der Waals surface area contributed by atoms with Gasteiger partial charge in [-0.15, -0.1) is 0 Å². The molecule has 4 nitrogen and oxygen atoms in total. The molecule has 2 N–H and O–H groups in total. The summed E-state index contributed by atoms with van der Waals surface area (Å²) in [5.41, 5.74) is 2.47. The number of halogens is 1. The monoisotopic (exact) mass is 322 g/mol. The van der Waals surface area contributed by atoms with Crippen LogP contribution in [0, 0.1) is 0 Å². The molecule has 1 heterocycles. The second kappa shape index (κ2) is 4.96. The molecular formula is C14H15BrN2O2. The summed E-state index contributed by atoms with van der Waals surface area (Å²) in [5.74, 6) is -0.0987. The molecule has 1 aliphatic heterocycles. The van der Waals surface area contributed by atoms with Crippen molar-refractivity contribution in [1.29, 1.82) is 0 Å². The molecule has 0 saturated carbocycles. The number of fused-ring (bicyclic) bond motifs is 1. The minimum absolute atomic E-state index is 0.0327. The van der Waals surface area contributed by atoms with Crippen LogP contribution in [0.3, 0.4) is 0 Å². The van der Waals surface area contributed by atoms with Crippen molar-refractivity contribution in [3.8, 4) is 0 Å². The van der Waals surface area contributed by atoms with Crippen LogP contribution in [0.5, 0.6) is 0 Å². The molecule has 2 atom stereocenters. The van der Waals surface area contributed by atoms with E-state index in [2.05, 4.69) is 32.6 Å². The van der Waals surface area contributed by atoms with E-state index in [1.54, 1.807) is 0 Å². The number of hydrogen-bond acceptors (Lipinski definition) is 2. The first kappa shape index (κ1) is 12.7. The van der Waals surface area contributed by atoms with Crippen molar-refractivity contribution in [3.63, 3.8) is 0 Å². The highest BCUT2D eigenvalue weighted by Gasteiger charge is 2.31. The van der Waals surface area contributed by atoms with E-state index in [0.29, 0.717) is 12.8 Å². The fourth-order valence-corrected chi connectivity index (χ4v) is 3.42. The summed E-state index contributed by atoms with van der Waals surface area (Å²) in [6.45, 7) is 0. The van der Waals surface area contributed by atoms with Crippen molar-refractivity contribution in [2.75, 3.05) is 0 Å². The minimum atomic E-state index is -0.358. The normalized spacial score (nSPS) is 25.0. The van der Waals surface area contributed by atoms with Crippen LogP contribution in [0.15, 0.2) is 22.7 Å². The first-order valence-electron chi connectivity index (χ1n) is 6.52. The van der Waals surface area contributed by atoms with Gasteiger partial charge in [-0.3, -0.25) is 9.59 Å². The molecule has 0 radical (unpaired) electrons. The Labute approximate surface area is 120 Å². The summed E-state index contributed by atoms with van der Waals surface area (Å²) in [7, 11) is 0. The average molecular weight is 323 g/mol. The molecule has 1 aromatic carbocycles. The summed E-state index contributed by atoms with van der Waals surface area (Å²) in [6.07, 6.45) is 2.94. The molecule has 3 rings (SSSR count). The molecule has 1 aromatic rings. The van der Waals surface area contributed by atoms with Gasteiger partial charge in [-0.1, -0.05) is 28.1 Å². The lowest BCUT2D eigenvalue weighted by atomic mass is 10.1. The van der Waals surface area contributed by atoms with Gasteiger partial charge in [0, 0.05) is 10.9 Å². The molecule has 5 heteroatoms. The van der Waals surface area contributed by atoms with Gasteiger partial charge in [0.2, 0.25) is 11.8 Å². The van der Waals surface area contributed by atoms with Crippen LogP contribution in [0.4, 0.5) is 0 Å². The van der Waals surface area contributed by atoms with Gasteiger partial charge >= 0.3 is 0 Å². The van der Waals surface area contributed by atoms with Crippen LogP contribution in [-0.4, -0.2) is 17.9 Å². The highest BCUT2D eigenvalue weighted by molar-refractivity contribution is 9.10. The zero-order valence-corrected chi connectivity index (χ0v) is 12.0. The maximum Gasteiger partial charge on any atom is 0.243 e. The van der Waals surface area contributed by atoms with Crippen molar-refractivity contribution in [2.24, 2.45) is 0 Å². The van der Waals surface area contributed by atoms with E-state index in [0.717, 1.165) is 17.3 Å². The lowest BCUT2D eigenvalue weighted by molar-refractivity contribution is -0.126. The van der Waals surface area contributed by atoms with E-state index in [1.807, 2.05) is 12.1 Å².